The van der Waals surface area contributed by atoms with E-state index in [1.54, 1.807) is 12.1 Å². The first-order valence-corrected chi connectivity index (χ1v) is 6.87. The third-order valence-corrected chi connectivity index (χ3v) is 3.31. The van der Waals surface area contributed by atoms with Crippen molar-refractivity contribution >= 4 is 0 Å². The molecule has 0 amide bonds. The predicted molar refractivity (Wildman–Crippen MR) is 78.5 cm³/mol. The summed E-state index contributed by atoms with van der Waals surface area (Å²) >= 11 is 0. The Labute approximate surface area is 118 Å². The summed E-state index contributed by atoms with van der Waals surface area (Å²) < 4.78 is 27.4. The van der Waals surface area contributed by atoms with Gasteiger partial charge in [0.1, 0.15) is 11.6 Å². The number of benzene rings is 2. The molecule has 1 N–H and O–H groups in total. The highest BCUT2D eigenvalue weighted by Crippen LogP contribution is 2.26. The van der Waals surface area contributed by atoms with Crippen molar-refractivity contribution in [2.75, 3.05) is 6.54 Å². The lowest BCUT2D eigenvalue weighted by Gasteiger charge is -2.09. The molecule has 0 heterocycles. The smallest absolute Gasteiger partial charge is 0.128 e. The lowest BCUT2D eigenvalue weighted by atomic mass is 9.99. The van der Waals surface area contributed by atoms with E-state index in [1.807, 2.05) is 13.0 Å². The van der Waals surface area contributed by atoms with Crippen LogP contribution >= 0.6 is 0 Å². The monoisotopic (exact) mass is 275 g/mol. The van der Waals surface area contributed by atoms with Crippen LogP contribution in [-0.2, 0) is 6.54 Å². The molecule has 106 valence electrons. The SMILES string of the molecule is CCCNCc1ccc(-c2cc(F)ccc2C)cc1F. The summed E-state index contributed by atoms with van der Waals surface area (Å²) in [7, 11) is 0. The van der Waals surface area contributed by atoms with Crippen LogP contribution in [0.2, 0.25) is 0 Å². The molecule has 0 saturated heterocycles. The van der Waals surface area contributed by atoms with Gasteiger partial charge in [0.2, 0.25) is 0 Å². The van der Waals surface area contributed by atoms with Gasteiger partial charge < -0.3 is 5.32 Å². The molecular weight excluding hydrogens is 256 g/mol. The van der Waals surface area contributed by atoms with Gasteiger partial charge >= 0.3 is 0 Å². The Morgan fingerprint density at radius 2 is 1.85 bits per heavy atom. The largest absolute Gasteiger partial charge is 0.313 e. The molecule has 0 aliphatic rings. The molecule has 1 nitrogen and oxygen atoms in total. The molecule has 0 atom stereocenters. The van der Waals surface area contributed by atoms with Gasteiger partial charge in [0, 0.05) is 12.1 Å². The van der Waals surface area contributed by atoms with E-state index in [0.29, 0.717) is 17.7 Å². The van der Waals surface area contributed by atoms with Crippen molar-refractivity contribution < 1.29 is 8.78 Å². The van der Waals surface area contributed by atoms with Gasteiger partial charge in [0.15, 0.2) is 0 Å². The molecule has 0 aromatic heterocycles. The third-order valence-electron chi connectivity index (χ3n) is 3.31. The maximum atomic E-state index is 14.1. The lowest BCUT2D eigenvalue weighted by molar-refractivity contribution is 0.587. The summed E-state index contributed by atoms with van der Waals surface area (Å²) in [5.74, 6) is -0.561. The van der Waals surface area contributed by atoms with E-state index in [0.717, 1.165) is 24.1 Å². The van der Waals surface area contributed by atoms with Crippen LogP contribution in [0.25, 0.3) is 11.1 Å². The van der Waals surface area contributed by atoms with E-state index >= 15 is 0 Å². The quantitative estimate of drug-likeness (QED) is 0.795. The standard InChI is InChI=1S/C17H19F2N/c1-3-8-20-11-14-6-5-13(9-17(14)19)16-10-15(18)7-4-12(16)2/h4-7,9-10,20H,3,8,11H2,1-2H3. The zero-order valence-electron chi connectivity index (χ0n) is 11.8. The maximum Gasteiger partial charge on any atom is 0.128 e. The molecule has 0 aliphatic heterocycles. The molecule has 3 heteroatoms. The molecule has 20 heavy (non-hydrogen) atoms. The lowest BCUT2D eigenvalue weighted by Crippen LogP contribution is -2.14. The van der Waals surface area contributed by atoms with Crippen molar-refractivity contribution in [3.63, 3.8) is 0 Å². The van der Waals surface area contributed by atoms with Crippen LogP contribution in [0.4, 0.5) is 8.78 Å². The highest BCUT2D eigenvalue weighted by atomic mass is 19.1. The van der Waals surface area contributed by atoms with Crippen LogP contribution in [0.1, 0.15) is 24.5 Å². The zero-order chi connectivity index (χ0) is 14.5. The van der Waals surface area contributed by atoms with Gasteiger partial charge in [-0.3, -0.25) is 0 Å². The second-order valence-corrected chi connectivity index (χ2v) is 4.94. The minimum Gasteiger partial charge on any atom is -0.313 e. The molecule has 0 fully saturated rings. The average molecular weight is 275 g/mol. The molecule has 2 aromatic rings. The molecule has 0 aliphatic carbocycles. The summed E-state index contributed by atoms with van der Waals surface area (Å²) in [6, 6.07) is 9.65. The molecule has 0 spiro atoms. The minimum atomic E-state index is -0.306. The average Bonchev–Trinajstić information content (AvgIpc) is 2.43. The van der Waals surface area contributed by atoms with Crippen molar-refractivity contribution in [3.05, 3.63) is 59.2 Å². The second kappa shape index (κ2) is 6.62. The molecule has 0 radical (unpaired) electrons. The normalized spacial score (nSPS) is 10.8. The number of hydrogen-bond acceptors (Lipinski definition) is 1. The summed E-state index contributed by atoms with van der Waals surface area (Å²) in [6.45, 7) is 5.34. The van der Waals surface area contributed by atoms with E-state index < -0.39 is 0 Å². The van der Waals surface area contributed by atoms with Crippen molar-refractivity contribution in [3.8, 4) is 11.1 Å². The molecule has 0 saturated carbocycles. The highest BCUT2D eigenvalue weighted by molar-refractivity contribution is 5.67. The topological polar surface area (TPSA) is 12.0 Å². The molecule has 0 unspecified atom stereocenters. The van der Waals surface area contributed by atoms with E-state index in [1.165, 1.54) is 18.2 Å². The van der Waals surface area contributed by atoms with E-state index in [2.05, 4.69) is 12.2 Å². The van der Waals surface area contributed by atoms with Gasteiger partial charge in [0.05, 0.1) is 0 Å². The van der Waals surface area contributed by atoms with Crippen molar-refractivity contribution in [2.45, 2.75) is 26.8 Å². The summed E-state index contributed by atoms with van der Waals surface area (Å²) in [5, 5.41) is 3.17. The van der Waals surface area contributed by atoms with Crippen molar-refractivity contribution in [1.29, 1.82) is 0 Å². The Kier molecular flexibility index (Phi) is 4.85. The molecule has 0 bridgehead atoms. The Hall–Kier alpha value is -1.74. The number of halogens is 2. The summed E-state index contributed by atoms with van der Waals surface area (Å²) in [4.78, 5) is 0. The zero-order valence-corrected chi connectivity index (χ0v) is 11.8. The Bertz CT molecular complexity index is 594. The van der Waals surface area contributed by atoms with Gasteiger partial charge in [0.25, 0.3) is 0 Å². The van der Waals surface area contributed by atoms with Crippen LogP contribution in [0.3, 0.4) is 0 Å². The number of nitrogens with one attached hydrogen (secondary N) is 1. The van der Waals surface area contributed by atoms with Crippen molar-refractivity contribution in [2.24, 2.45) is 0 Å². The Morgan fingerprint density at radius 3 is 2.55 bits per heavy atom. The molecule has 2 aromatic carbocycles. The van der Waals surface area contributed by atoms with Gasteiger partial charge in [-0.05, 0) is 54.8 Å². The van der Waals surface area contributed by atoms with Crippen LogP contribution in [0.5, 0.6) is 0 Å². The fourth-order valence-electron chi connectivity index (χ4n) is 2.16. The van der Waals surface area contributed by atoms with Crippen LogP contribution in [0, 0.1) is 18.6 Å². The third kappa shape index (κ3) is 3.42. The van der Waals surface area contributed by atoms with Crippen LogP contribution in [-0.4, -0.2) is 6.54 Å². The van der Waals surface area contributed by atoms with Crippen LogP contribution in [0.15, 0.2) is 36.4 Å². The fraction of sp³-hybridized carbons (Fsp3) is 0.294. The number of rotatable bonds is 5. The Balaban J connectivity index is 2.26. The summed E-state index contributed by atoms with van der Waals surface area (Å²) in [6.07, 6.45) is 1.02. The first-order chi connectivity index (χ1) is 9.61. The predicted octanol–water partition coefficient (Wildman–Crippen LogP) is 4.44. The molecular formula is C17H19F2N. The highest BCUT2D eigenvalue weighted by Gasteiger charge is 2.08. The number of aryl methyl sites for hydroxylation is 1. The Morgan fingerprint density at radius 1 is 1.05 bits per heavy atom. The fourth-order valence-corrected chi connectivity index (χ4v) is 2.16. The second-order valence-electron chi connectivity index (χ2n) is 4.94. The van der Waals surface area contributed by atoms with E-state index in [4.69, 9.17) is 0 Å². The maximum absolute atomic E-state index is 14.1. The van der Waals surface area contributed by atoms with Gasteiger partial charge in [-0.2, -0.15) is 0 Å². The van der Waals surface area contributed by atoms with Gasteiger partial charge in [-0.1, -0.05) is 25.1 Å². The van der Waals surface area contributed by atoms with Gasteiger partial charge in [-0.15, -0.1) is 0 Å². The molecule has 2 rings (SSSR count). The van der Waals surface area contributed by atoms with Gasteiger partial charge in [-0.25, -0.2) is 8.78 Å². The minimum absolute atomic E-state index is 0.255. The van der Waals surface area contributed by atoms with E-state index in [-0.39, 0.29) is 11.6 Å². The first kappa shape index (κ1) is 14.7. The number of hydrogen-bond donors (Lipinski definition) is 1. The summed E-state index contributed by atoms with van der Waals surface area (Å²) in [5.41, 5.74) is 3.01. The first-order valence-electron chi connectivity index (χ1n) is 6.87. The van der Waals surface area contributed by atoms with Crippen LogP contribution < -0.4 is 5.32 Å². The van der Waals surface area contributed by atoms with Crippen molar-refractivity contribution in [1.82, 2.24) is 5.32 Å². The van der Waals surface area contributed by atoms with E-state index in [9.17, 15) is 8.78 Å².